The van der Waals surface area contributed by atoms with Crippen molar-refractivity contribution in [1.82, 2.24) is 14.8 Å². The van der Waals surface area contributed by atoms with Gasteiger partial charge in [0.05, 0.1) is 23.4 Å². The van der Waals surface area contributed by atoms with Gasteiger partial charge in [-0.2, -0.15) is 5.10 Å². The lowest BCUT2D eigenvalue weighted by atomic mass is 10.1. The van der Waals surface area contributed by atoms with Gasteiger partial charge in [0, 0.05) is 0 Å². The number of carboxylic acid groups (broad SMARTS) is 1. The fourth-order valence-corrected chi connectivity index (χ4v) is 2.53. The van der Waals surface area contributed by atoms with E-state index < -0.39 is 11.8 Å². The maximum Gasteiger partial charge on any atom is 0.336 e. The van der Waals surface area contributed by atoms with E-state index in [0.717, 1.165) is 0 Å². The summed E-state index contributed by atoms with van der Waals surface area (Å²) in [6.07, 6.45) is 2.83. The number of carbonyl (C=O) groups is 1. The van der Waals surface area contributed by atoms with Gasteiger partial charge in [0.25, 0.3) is 0 Å². The first-order valence-corrected chi connectivity index (χ1v) is 7.06. The number of benzene rings is 1. The van der Waals surface area contributed by atoms with E-state index >= 15 is 0 Å². The lowest BCUT2D eigenvalue weighted by molar-refractivity contribution is 0.0699. The molecule has 0 saturated carbocycles. The van der Waals surface area contributed by atoms with Crippen LogP contribution in [0.2, 0.25) is 0 Å². The Morgan fingerprint density at radius 2 is 2.04 bits per heavy atom. The van der Waals surface area contributed by atoms with Crippen LogP contribution >= 0.6 is 0 Å². The first-order valence-electron chi connectivity index (χ1n) is 7.06. The van der Waals surface area contributed by atoms with E-state index in [1.54, 1.807) is 30.3 Å². The van der Waals surface area contributed by atoms with Crippen LogP contribution < -0.4 is 0 Å². The van der Waals surface area contributed by atoms with E-state index in [-0.39, 0.29) is 16.9 Å². The van der Waals surface area contributed by atoms with Gasteiger partial charge < -0.3 is 9.52 Å². The lowest BCUT2D eigenvalue weighted by Gasteiger charge is -2.06. The van der Waals surface area contributed by atoms with Crippen LogP contribution in [-0.4, -0.2) is 25.8 Å². The van der Waals surface area contributed by atoms with Crippen LogP contribution in [0.15, 0.2) is 59.3 Å². The number of nitrogens with zero attached hydrogens (tertiary/aromatic N) is 3. The molecule has 0 spiro atoms. The van der Waals surface area contributed by atoms with Crippen molar-refractivity contribution in [3.63, 3.8) is 0 Å². The first-order chi connectivity index (χ1) is 11.6. The Morgan fingerprint density at radius 1 is 1.21 bits per heavy atom. The SMILES string of the molecule is O=C(O)c1cc(-c2ccco2)nc2c1cnn2-c1ccccc1F. The van der Waals surface area contributed by atoms with Gasteiger partial charge in [-0.15, -0.1) is 0 Å². The highest BCUT2D eigenvalue weighted by molar-refractivity contribution is 6.02. The average Bonchev–Trinajstić information content (AvgIpc) is 3.24. The molecule has 4 rings (SSSR count). The van der Waals surface area contributed by atoms with Crippen LogP contribution in [0, 0.1) is 5.82 Å². The topological polar surface area (TPSA) is 81.2 Å². The van der Waals surface area contributed by atoms with E-state index in [0.29, 0.717) is 16.8 Å². The number of aromatic nitrogens is 3. The summed E-state index contributed by atoms with van der Waals surface area (Å²) in [5, 5.41) is 13.9. The first kappa shape index (κ1) is 14.1. The maximum atomic E-state index is 14.1. The molecule has 118 valence electrons. The fourth-order valence-electron chi connectivity index (χ4n) is 2.53. The van der Waals surface area contributed by atoms with Crippen LogP contribution in [0.25, 0.3) is 28.2 Å². The number of halogens is 1. The number of carboxylic acids is 1. The van der Waals surface area contributed by atoms with Gasteiger partial charge in [-0.3, -0.25) is 0 Å². The summed E-state index contributed by atoms with van der Waals surface area (Å²) in [5.74, 6) is -1.19. The number of aromatic carboxylic acids is 1. The Kier molecular flexibility index (Phi) is 3.13. The van der Waals surface area contributed by atoms with Gasteiger partial charge in [-0.1, -0.05) is 12.1 Å². The molecule has 0 amide bonds. The van der Waals surface area contributed by atoms with Crippen LogP contribution in [0.5, 0.6) is 0 Å². The van der Waals surface area contributed by atoms with Crippen molar-refractivity contribution in [2.75, 3.05) is 0 Å². The summed E-state index contributed by atoms with van der Waals surface area (Å²) in [5.41, 5.74) is 0.788. The average molecular weight is 323 g/mol. The van der Waals surface area contributed by atoms with Crippen LogP contribution in [0.4, 0.5) is 4.39 Å². The Labute approximate surface area is 134 Å². The molecule has 4 aromatic rings. The summed E-state index contributed by atoms with van der Waals surface area (Å²) >= 11 is 0. The van der Waals surface area contributed by atoms with Crippen molar-refractivity contribution >= 4 is 17.0 Å². The van der Waals surface area contributed by atoms with Crippen molar-refractivity contribution in [3.05, 3.63) is 66.3 Å². The Hall–Kier alpha value is -3.48. The molecule has 0 aliphatic heterocycles. The highest BCUT2D eigenvalue weighted by Crippen LogP contribution is 2.27. The van der Waals surface area contributed by atoms with Gasteiger partial charge >= 0.3 is 5.97 Å². The van der Waals surface area contributed by atoms with Gasteiger partial charge in [-0.05, 0) is 30.3 Å². The maximum absolute atomic E-state index is 14.1. The Bertz CT molecular complexity index is 1050. The number of pyridine rings is 1. The summed E-state index contributed by atoms with van der Waals surface area (Å²) in [6, 6.07) is 10.8. The van der Waals surface area contributed by atoms with Gasteiger partial charge in [0.2, 0.25) is 0 Å². The van der Waals surface area contributed by atoms with Crippen molar-refractivity contribution in [3.8, 4) is 17.1 Å². The zero-order valence-electron chi connectivity index (χ0n) is 12.2. The molecule has 1 N–H and O–H groups in total. The standard InChI is InChI=1S/C17H10FN3O3/c18-12-4-1-2-5-14(12)21-16-11(9-19-21)10(17(22)23)8-13(20-16)15-6-3-7-24-15/h1-9H,(H,22,23). The zero-order valence-corrected chi connectivity index (χ0v) is 12.2. The molecule has 24 heavy (non-hydrogen) atoms. The van der Waals surface area contributed by atoms with Gasteiger partial charge in [0.15, 0.2) is 11.4 Å². The third-order valence-corrected chi connectivity index (χ3v) is 3.63. The highest BCUT2D eigenvalue weighted by Gasteiger charge is 2.19. The fraction of sp³-hybridized carbons (Fsp3) is 0. The Morgan fingerprint density at radius 3 is 2.75 bits per heavy atom. The molecule has 0 atom stereocenters. The molecule has 7 heteroatoms. The minimum Gasteiger partial charge on any atom is -0.478 e. The molecule has 0 saturated heterocycles. The van der Waals surface area contributed by atoms with E-state index in [4.69, 9.17) is 4.42 Å². The minimum absolute atomic E-state index is 0.0222. The number of furan rings is 1. The van der Waals surface area contributed by atoms with Crippen molar-refractivity contribution in [2.24, 2.45) is 0 Å². The molecular weight excluding hydrogens is 313 g/mol. The van der Waals surface area contributed by atoms with Gasteiger partial charge in [0.1, 0.15) is 17.2 Å². The molecule has 0 fully saturated rings. The number of para-hydroxylation sites is 1. The van der Waals surface area contributed by atoms with Crippen LogP contribution in [-0.2, 0) is 0 Å². The van der Waals surface area contributed by atoms with E-state index in [1.807, 2.05) is 0 Å². The number of hydrogen-bond acceptors (Lipinski definition) is 4. The number of fused-ring (bicyclic) bond motifs is 1. The molecule has 0 aliphatic rings. The van der Waals surface area contributed by atoms with E-state index in [9.17, 15) is 14.3 Å². The van der Waals surface area contributed by atoms with Crippen molar-refractivity contribution in [2.45, 2.75) is 0 Å². The monoisotopic (exact) mass is 323 g/mol. The minimum atomic E-state index is -1.12. The van der Waals surface area contributed by atoms with Gasteiger partial charge in [-0.25, -0.2) is 18.9 Å². The molecule has 1 aromatic carbocycles. The zero-order chi connectivity index (χ0) is 16.7. The third kappa shape index (κ3) is 2.14. The predicted molar refractivity (Wildman–Crippen MR) is 83.5 cm³/mol. The number of hydrogen-bond donors (Lipinski definition) is 1. The second-order valence-corrected chi connectivity index (χ2v) is 5.08. The van der Waals surface area contributed by atoms with Crippen molar-refractivity contribution < 1.29 is 18.7 Å². The molecule has 0 radical (unpaired) electrons. The molecule has 6 nitrogen and oxygen atoms in total. The van der Waals surface area contributed by atoms with Crippen molar-refractivity contribution in [1.29, 1.82) is 0 Å². The predicted octanol–water partition coefficient (Wildman–Crippen LogP) is 3.52. The molecule has 0 bridgehead atoms. The quantitative estimate of drug-likeness (QED) is 0.624. The molecule has 0 unspecified atom stereocenters. The molecule has 0 aliphatic carbocycles. The molecule has 3 aromatic heterocycles. The summed E-state index contributed by atoms with van der Waals surface area (Å²) in [6.45, 7) is 0. The van der Waals surface area contributed by atoms with E-state index in [1.165, 1.54) is 29.3 Å². The summed E-state index contributed by atoms with van der Waals surface area (Å²) < 4.78 is 20.7. The number of rotatable bonds is 3. The summed E-state index contributed by atoms with van der Waals surface area (Å²) in [7, 11) is 0. The smallest absolute Gasteiger partial charge is 0.336 e. The van der Waals surface area contributed by atoms with Crippen LogP contribution in [0.1, 0.15) is 10.4 Å². The van der Waals surface area contributed by atoms with Crippen LogP contribution in [0.3, 0.4) is 0 Å². The highest BCUT2D eigenvalue weighted by atomic mass is 19.1. The largest absolute Gasteiger partial charge is 0.478 e. The molecule has 3 heterocycles. The lowest BCUT2D eigenvalue weighted by Crippen LogP contribution is -2.03. The second kappa shape index (κ2) is 5.31. The second-order valence-electron chi connectivity index (χ2n) is 5.08. The summed E-state index contributed by atoms with van der Waals surface area (Å²) in [4.78, 5) is 16.0. The Balaban J connectivity index is 2.04. The third-order valence-electron chi connectivity index (χ3n) is 3.63. The van der Waals surface area contributed by atoms with E-state index in [2.05, 4.69) is 10.1 Å². The normalized spacial score (nSPS) is 11.0. The molecular formula is C17H10FN3O3.